The molecule has 0 fully saturated rings. The summed E-state index contributed by atoms with van der Waals surface area (Å²) in [5, 5.41) is 0. The van der Waals surface area contributed by atoms with E-state index in [4.69, 9.17) is 14.2 Å². The molecule has 1 unspecified atom stereocenters. The van der Waals surface area contributed by atoms with E-state index in [1.807, 2.05) is 0 Å². The average molecular weight is 1120 g/mol. The zero-order valence-corrected chi connectivity index (χ0v) is 53.9. The van der Waals surface area contributed by atoms with Crippen LogP contribution in [-0.2, 0) is 28.6 Å². The lowest BCUT2D eigenvalue weighted by atomic mass is 10.0. The first-order valence-corrected chi connectivity index (χ1v) is 35.6. The normalized spacial score (nSPS) is 12.3. The average Bonchev–Trinajstić information content (AvgIpc) is 3.46. The minimum atomic E-state index is -0.776. The van der Waals surface area contributed by atoms with Gasteiger partial charge in [-0.1, -0.05) is 339 Å². The number of rotatable bonds is 66. The van der Waals surface area contributed by atoms with Crippen molar-refractivity contribution >= 4 is 17.9 Å². The molecule has 0 aliphatic heterocycles. The van der Waals surface area contributed by atoms with E-state index in [1.165, 1.54) is 263 Å². The Hall–Kier alpha value is -2.63. The Labute approximate surface area is 498 Å². The molecule has 6 nitrogen and oxygen atoms in total. The first-order valence-electron chi connectivity index (χ1n) is 35.6. The van der Waals surface area contributed by atoms with Crippen molar-refractivity contribution in [1.82, 2.24) is 0 Å². The summed E-state index contributed by atoms with van der Waals surface area (Å²) in [6, 6.07) is 0. The Balaban J connectivity index is 4.26. The summed E-state index contributed by atoms with van der Waals surface area (Å²) in [5.41, 5.74) is 0. The van der Waals surface area contributed by atoms with Crippen LogP contribution in [0.5, 0.6) is 0 Å². The fourth-order valence-electron chi connectivity index (χ4n) is 10.8. The van der Waals surface area contributed by atoms with Crippen molar-refractivity contribution in [3.05, 3.63) is 48.6 Å². The van der Waals surface area contributed by atoms with E-state index in [9.17, 15) is 14.4 Å². The zero-order chi connectivity index (χ0) is 57.8. The molecule has 0 aliphatic carbocycles. The van der Waals surface area contributed by atoms with Gasteiger partial charge < -0.3 is 14.2 Å². The topological polar surface area (TPSA) is 78.9 Å². The molecule has 0 saturated carbocycles. The van der Waals surface area contributed by atoms with Gasteiger partial charge in [-0.2, -0.15) is 0 Å². The largest absolute Gasteiger partial charge is 0.462 e. The third-order valence-electron chi connectivity index (χ3n) is 16.1. The van der Waals surface area contributed by atoms with Crippen LogP contribution in [0.25, 0.3) is 0 Å². The van der Waals surface area contributed by atoms with Crippen LogP contribution in [0.3, 0.4) is 0 Å². The second-order valence-corrected chi connectivity index (χ2v) is 24.1. The van der Waals surface area contributed by atoms with Crippen LogP contribution in [0, 0.1) is 0 Å². The van der Waals surface area contributed by atoms with Gasteiger partial charge in [-0.25, -0.2) is 0 Å². The molecule has 0 bridgehead atoms. The van der Waals surface area contributed by atoms with E-state index in [2.05, 4.69) is 69.4 Å². The van der Waals surface area contributed by atoms with E-state index in [1.54, 1.807) is 0 Å². The predicted molar refractivity (Wildman–Crippen MR) is 349 cm³/mol. The first-order chi connectivity index (χ1) is 39.5. The number of carbonyl (C=O) groups is 3. The van der Waals surface area contributed by atoms with Gasteiger partial charge in [0, 0.05) is 19.3 Å². The Morgan fingerprint density at radius 3 is 0.775 bits per heavy atom. The van der Waals surface area contributed by atoms with Crippen LogP contribution in [0.2, 0.25) is 0 Å². The molecule has 0 rings (SSSR count). The van der Waals surface area contributed by atoms with Crippen molar-refractivity contribution in [2.45, 2.75) is 393 Å². The van der Waals surface area contributed by atoms with Gasteiger partial charge >= 0.3 is 17.9 Å². The van der Waals surface area contributed by atoms with Crippen molar-refractivity contribution in [2.24, 2.45) is 0 Å². The highest BCUT2D eigenvalue weighted by Gasteiger charge is 2.19. The molecule has 468 valence electrons. The molecule has 0 aromatic rings. The number of esters is 3. The van der Waals surface area contributed by atoms with Gasteiger partial charge in [-0.05, 0) is 77.0 Å². The van der Waals surface area contributed by atoms with Crippen LogP contribution < -0.4 is 0 Å². The SMILES string of the molecule is CC/C=C\C/C=C\C/C=C\CCCCCCCCCC(=O)OCC(COC(=O)CCCCCCCCCCCCCCCCC/C=C\CCCCCCCCCC)OC(=O)CCCCCCCCCCCCCCCCCCCC. The van der Waals surface area contributed by atoms with Gasteiger partial charge in [0.25, 0.3) is 0 Å². The highest BCUT2D eigenvalue weighted by molar-refractivity contribution is 5.71. The third-order valence-corrected chi connectivity index (χ3v) is 16.1. The molecule has 0 N–H and O–H groups in total. The highest BCUT2D eigenvalue weighted by Crippen LogP contribution is 2.18. The standard InChI is InChI=1S/C74H136O6/c1-4-7-10-13-16-19-22-25-28-31-33-34-35-36-37-38-39-40-41-44-46-49-52-55-58-61-64-67-73(76)79-70-71(69-78-72(75)66-63-60-57-54-51-48-45-42-30-27-24-21-18-15-12-9-6-3)80-74(77)68-65-62-59-56-53-50-47-43-32-29-26-23-20-17-14-11-8-5-2/h9,12,18,21,27,30-31,33,71H,4-8,10-11,13-17,19-20,22-26,28-29,32,34-70H2,1-3H3/b12-9-,21-18-,30-27-,33-31-. The molecule has 0 aromatic carbocycles. The lowest BCUT2D eigenvalue weighted by Crippen LogP contribution is -2.30. The van der Waals surface area contributed by atoms with Crippen molar-refractivity contribution in [3.63, 3.8) is 0 Å². The molecule has 0 saturated heterocycles. The van der Waals surface area contributed by atoms with E-state index >= 15 is 0 Å². The molecular formula is C74H136O6. The van der Waals surface area contributed by atoms with Crippen LogP contribution in [0.15, 0.2) is 48.6 Å². The number of hydrogen-bond acceptors (Lipinski definition) is 6. The second-order valence-electron chi connectivity index (χ2n) is 24.1. The molecular weight excluding hydrogens is 985 g/mol. The first kappa shape index (κ1) is 77.4. The fourth-order valence-corrected chi connectivity index (χ4v) is 10.8. The lowest BCUT2D eigenvalue weighted by Gasteiger charge is -2.18. The number of hydrogen-bond donors (Lipinski definition) is 0. The molecule has 0 radical (unpaired) electrons. The summed E-state index contributed by atoms with van der Waals surface area (Å²) in [5.74, 6) is -0.853. The van der Waals surface area contributed by atoms with Crippen molar-refractivity contribution in [1.29, 1.82) is 0 Å². The van der Waals surface area contributed by atoms with Gasteiger partial charge in [0.15, 0.2) is 6.10 Å². The minimum absolute atomic E-state index is 0.0713. The summed E-state index contributed by atoms with van der Waals surface area (Å²) in [6.07, 6.45) is 87.1. The molecule has 6 heteroatoms. The van der Waals surface area contributed by atoms with E-state index in [-0.39, 0.29) is 31.1 Å². The monoisotopic (exact) mass is 1120 g/mol. The van der Waals surface area contributed by atoms with E-state index in [0.29, 0.717) is 19.3 Å². The molecule has 0 heterocycles. The second kappa shape index (κ2) is 68.9. The molecule has 0 aromatic heterocycles. The Kier molecular flexibility index (Phi) is 66.6. The maximum Gasteiger partial charge on any atom is 0.306 e. The van der Waals surface area contributed by atoms with Gasteiger partial charge in [-0.3, -0.25) is 14.4 Å². The van der Waals surface area contributed by atoms with Gasteiger partial charge in [0.05, 0.1) is 0 Å². The van der Waals surface area contributed by atoms with Crippen LogP contribution in [0.1, 0.15) is 387 Å². The highest BCUT2D eigenvalue weighted by atomic mass is 16.6. The number of allylic oxidation sites excluding steroid dienone is 8. The molecule has 0 spiro atoms. The summed E-state index contributed by atoms with van der Waals surface area (Å²) in [7, 11) is 0. The Morgan fingerprint density at radius 1 is 0.263 bits per heavy atom. The molecule has 1 atom stereocenters. The summed E-state index contributed by atoms with van der Waals surface area (Å²) >= 11 is 0. The van der Waals surface area contributed by atoms with Gasteiger partial charge in [0.1, 0.15) is 13.2 Å². The minimum Gasteiger partial charge on any atom is -0.462 e. The third kappa shape index (κ3) is 66.2. The Morgan fingerprint density at radius 2 is 0.487 bits per heavy atom. The number of unbranched alkanes of at least 4 members (excludes halogenated alkanes) is 47. The van der Waals surface area contributed by atoms with Crippen LogP contribution in [-0.4, -0.2) is 37.2 Å². The summed E-state index contributed by atoms with van der Waals surface area (Å²) < 4.78 is 17.0. The zero-order valence-electron chi connectivity index (χ0n) is 53.9. The van der Waals surface area contributed by atoms with Crippen molar-refractivity contribution < 1.29 is 28.6 Å². The number of carbonyl (C=O) groups excluding carboxylic acids is 3. The predicted octanol–water partition coefficient (Wildman–Crippen LogP) is 24.5. The maximum atomic E-state index is 13.0. The van der Waals surface area contributed by atoms with E-state index in [0.717, 1.165) is 83.5 Å². The molecule has 0 aliphatic rings. The van der Waals surface area contributed by atoms with Gasteiger partial charge in [0.2, 0.25) is 0 Å². The van der Waals surface area contributed by atoms with E-state index < -0.39 is 6.10 Å². The number of ether oxygens (including phenoxy) is 3. The lowest BCUT2D eigenvalue weighted by molar-refractivity contribution is -0.167. The van der Waals surface area contributed by atoms with Crippen LogP contribution in [0.4, 0.5) is 0 Å². The van der Waals surface area contributed by atoms with Crippen molar-refractivity contribution in [2.75, 3.05) is 13.2 Å². The Bertz CT molecular complexity index is 1380. The van der Waals surface area contributed by atoms with Gasteiger partial charge in [-0.15, -0.1) is 0 Å². The molecule has 0 amide bonds. The fraction of sp³-hybridized carbons (Fsp3) is 0.851. The smallest absolute Gasteiger partial charge is 0.306 e. The maximum absolute atomic E-state index is 13.0. The van der Waals surface area contributed by atoms with Crippen LogP contribution >= 0.6 is 0 Å². The van der Waals surface area contributed by atoms with Crippen molar-refractivity contribution in [3.8, 4) is 0 Å². The summed E-state index contributed by atoms with van der Waals surface area (Å²) in [4.78, 5) is 38.5. The molecule has 80 heavy (non-hydrogen) atoms. The summed E-state index contributed by atoms with van der Waals surface area (Å²) in [6.45, 7) is 6.60. The quantitative estimate of drug-likeness (QED) is 0.0261.